The minimum atomic E-state index is -1.66. The molecule has 2 rings (SSSR count). The largest absolute Gasteiger partial charge is 0.494 e. The van der Waals surface area contributed by atoms with Crippen LogP contribution in [0, 0.1) is 0 Å². The van der Waals surface area contributed by atoms with E-state index in [1.807, 2.05) is 41.1 Å². The Morgan fingerprint density at radius 2 is 1.72 bits per heavy atom. The maximum Gasteiger partial charge on any atom is 0.191 e. The highest BCUT2D eigenvalue weighted by atomic mass is 32.1. The molecule has 138 valence electrons. The molecular formula is C20H30O3SSi. The van der Waals surface area contributed by atoms with Crippen LogP contribution in [0.3, 0.4) is 0 Å². The third kappa shape index (κ3) is 5.68. The van der Waals surface area contributed by atoms with Crippen LogP contribution in [0.1, 0.15) is 44.4 Å². The Kier molecular flexibility index (Phi) is 6.85. The maximum absolute atomic E-state index is 10.3. The maximum atomic E-state index is 10.3. The fourth-order valence-electron chi connectivity index (χ4n) is 2.16. The summed E-state index contributed by atoms with van der Waals surface area (Å²) >= 11 is 1.59. The summed E-state index contributed by atoms with van der Waals surface area (Å²) in [5.74, 6) is 0.827. The van der Waals surface area contributed by atoms with E-state index in [0.717, 1.165) is 29.9 Å². The van der Waals surface area contributed by atoms with Crippen molar-refractivity contribution in [3.63, 3.8) is 0 Å². The molecule has 0 bridgehead atoms. The highest BCUT2D eigenvalue weighted by Gasteiger charge is 2.36. The molecular weight excluding hydrogens is 348 g/mol. The third-order valence-electron chi connectivity index (χ3n) is 4.88. The Labute approximate surface area is 156 Å². The lowest BCUT2D eigenvalue weighted by Crippen LogP contribution is -2.41. The predicted octanol–water partition coefficient (Wildman–Crippen LogP) is 5.62. The molecule has 1 aromatic heterocycles. The fourth-order valence-corrected chi connectivity index (χ4v) is 3.93. The molecule has 0 aliphatic rings. The molecule has 1 atom stereocenters. The van der Waals surface area contributed by atoms with Crippen molar-refractivity contribution in [3.05, 3.63) is 52.2 Å². The summed E-state index contributed by atoms with van der Waals surface area (Å²) in [6.07, 6.45) is 0.310. The number of rotatable bonds is 8. The van der Waals surface area contributed by atoms with Crippen LogP contribution in [-0.4, -0.2) is 26.6 Å². The average Bonchev–Trinajstić information content (AvgIpc) is 3.08. The van der Waals surface area contributed by atoms with E-state index in [9.17, 15) is 5.11 Å². The zero-order chi connectivity index (χ0) is 18.5. The molecule has 0 saturated heterocycles. The summed E-state index contributed by atoms with van der Waals surface area (Å²) in [6.45, 7) is 12.7. The quantitative estimate of drug-likeness (QED) is 0.478. The summed E-state index contributed by atoms with van der Waals surface area (Å²) in [6, 6.07) is 9.62. The SMILES string of the molecule is CC(C)(C)[Si](C)(C)OCCCOc1ccc(C(O)c2ccsc2)cc1. The Hall–Kier alpha value is -1.14. The Morgan fingerprint density at radius 3 is 2.28 bits per heavy atom. The van der Waals surface area contributed by atoms with Crippen LogP contribution in [0.5, 0.6) is 5.75 Å². The van der Waals surface area contributed by atoms with Gasteiger partial charge in [0.25, 0.3) is 0 Å². The summed E-state index contributed by atoms with van der Waals surface area (Å²) in [7, 11) is -1.66. The van der Waals surface area contributed by atoms with Crippen molar-refractivity contribution in [2.24, 2.45) is 0 Å². The second-order valence-corrected chi connectivity index (χ2v) is 13.4. The number of thiophene rings is 1. The van der Waals surface area contributed by atoms with Crippen molar-refractivity contribution < 1.29 is 14.3 Å². The van der Waals surface area contributed by atoms with Gasteiger partial charge in [0.1, 0.15) is 11.9 Å². The van der Waals surface area contributed by atoms with Crippen LogP contribution >= 0.6 is 11.3 Å². The lowest BCUT2D eigenvalue weighted by molar-refractivity contribution is 0.220. The predicted molar refractivity (Wildman–Crippen MR) is 108 cm³/mol. The summed E-state index contributed by atoms with van der Waals surface area (Å²) in [5.41, 5.74) is 1.81. The van der Waals surface area contributed by atoms with Crippen LogP contribution in [0.2, 0.25) is 18.1 Å². The second-order valence-electron chi connectivity index (χ2n) is 7.84. The first-order valence-electron chi connectivity index (χ1n) is 8.77. The van der Waals surface area contributed by atoms with Gasteiger partial charge in [-0.15, -0.1) is 0 Å². The van der Waals surface area contributed by atoms with Gasteiger partial charge in [-0.3, -0.25) is 0 Å². The molecule has 0 radical (unpaired) electrons. The zero-order valence-electron chi connectivity index (χ0n) is 15.9. The van der Waals surface area contributed by atoms with E-state index in [1.54, 1.807) is 11.3 Å². The molecule has 0 spiro atoms. The fraction of sp³-hybridized carbons (Fsp3) is 0.500. The van der Waals surface area contributed by atoms with Crippen molar-refractivity contribution in [2.45, 2.75) is 51.4 Å². The molecule has 3 nitrogen and oxygen atoms in total. The highest BCUT2D eigenvalue weighted by molar-refractivity contribution is 7.08. The number of benzene rings is 1. The van der Waals surface area contributed by atoms with Crippen molar-refractivity contribution >= 4 is 19.7 Å². The van der Waals surface area contributed by atoms with Crippen LogP contribution in [0.25, 0.3) is 0 Å². The molecule has 2 aromatic rings. The van der Waals surface area contributed by atoms with Gasteiger partial charge in [0.2, 0.25) is 0 Å². The number of hydrogen-bond acceptors (Lipinski definition) is 4. The second kappa shape index (κ2) is 8.49. The highest BCUT2D eigenvalue weighted by Crippen LogP contribution is 2.36. The summed E-state index contributed by atoms with van der Waals surface area (Å²) < 4.78 is 11.9. The van der Waals surface area contributed by atoms with Gasteiger partial charge in [-0.25, -0.2) is 0 Å². The first kappa shape index (κ1) is 20.2. The summed E-state index contributed by atoms with van der Waals surface area (Å²) in [5, 5.41) is 14.5. The first-order valence-corrected chi connectivity index (χ1v) is 12.6. The monoisotopic (exact) mass is 378 g/mol. The van der Waals surface area contributed by atoms with Gasteiger partial charge in [0.05, 0.1) is 6.61 Å². The standard InChI is InChI=1S/C20H30O3SSi/c1-20(2,3)25(4,5)23-13-6-12-22-18-9-7-16(8-10-18)19(21)17-11-14-24-15-17/h7-11,14-15,19,21H,6,12-13H2,1-5H3. The lowest BCUT2D eigenvalue weighted by Gasteiger charge is -2.36. The van der Waals surface area contributed by atoms with Gasteiger partial charge in [-0.05, 0) is 58.2 Å². The summed E-state index contributed by atoms with van der Waals surface area (Å²) in [4.78, 5) is 0. The molecule has 0 aliphatic heterocycles. The van der Waals surface area contributed by atoms with Crippen LogP contribution < -0.4 is 4.74 Å². The van der Waals surface area contributed by atoms with Crippen LogP contribution in [-0.2, 0) is 4.43 Å². The van der Waals surface area contributed by atoms with E-state index in [1.165, 1.54) is 0 Å². The number of aliphatic hydroxyl groups is 1. The van der Waals surface area contributed by atoms with E-state index in [2.05, 4.69) is 33.9 Å². The van der Waals surface area contributed by atoms with Gasteiger partial charge in [0.15, 0.2) is 8.32 Å². The molecule has 5 heteroatoms. The van der Waals surface area contributed by atoms with Gasteiger partial charge < -0.3 is 14.3 Å². The van der Waals surface area contributed by atoms with Crippen LogP contribution in [0.4, 0.5) is 0 Å². The molecule has 0 saturated carbocycles. The molecule has 25 heavy (non-hydrogen) atoms. The lowest BCUT2D eigenvalue weighted by atomic mass is 10.0. The van der Waals surface area contributed by atoms with E-state index in [-0.39, 0.29) is 5.04 Å². The van der Waals surface area contributed by atoms with Crippen molar-refractivity contribution in [2.75, 3.05) is 13.2 Å². The molecule has 0 fully saturated rings. The topological polar surface area (TPSA) is 38.7 Å². The van der Waals surface area contributed by atoms with Gasteiger partial charge >= 0.3 is 0 Å². The minimum absolute atomic E-state index is 0.243. The minimum Gasteiger partial charge on any atom is -0.494 e. The average molecular weight is 379 g/mol. The molecule has 0 aliphatic carbocycles. The Balaban J connectivity index is 1.75. The Morgan fingerprint density at radius 1 is 1.04 bits per heavy atom. The van der Waals surface area contributed by atoms with E-state index in [0.29, 0.717) is 6.61 Å². The number of ether oxygens (including phenoxy) is 1. The van der Waals surface area contributed by atoms with Crippen molar-refractivity contribution in [1.29, 1.82) is 0 Å². The third-order valence-corrected chi connectivity index (χ3v) is 10.1. The van der Waals surface area contributed by atoms with Crippen molar-refractivity contribution in [3.8, 4) is 5.75 Å². The van der Waals surface area contributed by atoms with Gasteiger partial charge in [-0.1, -0.05) is 32.9 Å². The molecule has 0 amide bonds. The zero-order valence-corrected chi connectivity index (χ0v) is 17.7. The normalized spacial score (nSPS) is 13.7. The van der Waals surface area contributed by atoms with Gasteiger partial charge in [0, 0.05) is 13.0 Å². The van der Waals surface area contributed by atoms with E-state index in [4.69, 9.17) is 9.16 Å². The van der Waals surface area contributed by atoms with E-state index >= 15 is 0 Å². The molecule has 1 N–H and O–H groups in total. The Bertz CT molecular complexity index is 630. The van der Waals surface area contributed by atoms with Crippen molar-refractivity contribution in [1.82, 2.24) is 0 Å². The van der Waals surface area contributed by atoms with Crippen LogP contribution in [0.15, 0.2) is 41.1 Å². The van der Waals surface area contributed by atoms with Gasteiger partial charge in [-0.2, -0.15) is 11.3 Å². The smallest absolute Gasteiger partial charge is 0.191 e. The molecule has 1 aromatic carbocycles. The number of aliphatic hydroxyl groups excluding tert-OH is 1. The first-order chi connectivity index (χ1) is 11.7. The molecule has 1 heterocycles. The number of hydrogen-bond donors (Lipinski definition) is 1. The van der Waals surface area contributed by atoms with E-state index < -0.39 is 14.4 Å². The molecule has 1 unspecified atom stereocenters.